The number of imidazole rings is 1. The lowest BCUT2D eigenvalue weighted by Crippen LogP contribution is -2.16. The van der Waals surface area contributed by atoms with Crippen molar-refractivity contribution in [3.8, 4) is 11.8 Å². The van der Waals surface area contributed by atoms with Gasteiger partial charge in [-0.25, -0.2) is 9.37 Å². The number of ether oxygens (including phenoxy) is 1. The quantitative estimate of drug-likeness (QED) is 0.395. The molecule has 0 aliphatic carbocycles. The Morgan fingerprint density at radius 2 is 1.91 bits per heavy atom. The van der Waals surface area contributed by atoms with E-state index in [1.807, 2.05) is 43.3 Å². The molecule has 0 atom stereocenters. The summed E-state index contributed by atoms with van der Waals surface area (Å²) >= 11 is 0. The molecule has 2 heterocycles. The zero-order chi connectivity index (χ0) is 23.1. The van der Waals surface area contributed by atoms with Crippen molar-refractivity contribution in [1.82, 2.24) is 9.55 Å². The minimum Gasteiger partial charge on any atom is -0.488 e. The van der Waals surface area contributed by atoms with Crippen molar-refractivity contribution in [1.29, 1.82) is 5.26 Å². The molecule has 33 heavy (non-hydrogen) atoms. The van der Waals surface area contributed by atoms with E-state index in [9.17, 15) is 9.65 Å². The van der Waals surface area contributed by atoms with Gasteiger partial charge in [0.25, 0.3) is 0 Å². The number of aromatic nitrogens is 2. The van der Waals surface area contributed by atoms with Crippen molar-refractivity contribution >= 4 is 22.6 Å². The predicted octanol–water partition coefficient (Wildman–Crippen LogP) is 5.53. The van der Waals surface area contributed by atoms with E-state index in [-0.39, 0.29) is 5.82 Å². The highest BCUT2D eigenvalue weighted by atomic mass is 19.1. The Balaban J connectivity index is 1.61. The fraction of sp³-hybridized carbons (Fsp3) is 0.185. The number of nitriles is 1. The molecule has 5 rings (SSSR count). The molecular formula is C27H23FN4O. The largest absolute Gasteiger partial charge is 0.488 e. The van der Waals surface area contributed by atoms with Gasteiger partial charge in [-0.1, -0.05) is 24.3 Å². The Labute approximate surface area is 192 Å². The van der Waals surface area contributed by atoms with E-state index in [4.69, 9.17) is 9.72 Å². The summed E-state index contributed by atoms with van der Waals surface area (Å²) in [6, 6.07) is 21.1. The number of nitrogens with zero attached hydrogens (tertiary/aromatic N) is 4. The number of allylic oxidation sites excluding steroid dienone is 1. The smallest absolute Gasteiger partial charge is 0.206 e. The number of para-hydroxylation sites is 2. The molecule has 1 aliphatic heterocycles. The van der Waals surface area contributed by atoms with Crippen molar-refractivity contribution in [2.24, 2.45) is 0 Å². The third-order valence-corrected chi connectivity index (χ3v) is 5.95. The first-order valence-electron chi connectivity index (χ1n) is 10.7. The van der Waals surface area contributed by atoms with Gasteiger partial charge in [0.05, 0.1) is 23.6 Å². The molecule has 5 nitrogen and oxygen atoms in total. The first-order valence-corrected chi connectivity index (χ1v) is 10.7. The number of fused-ring (bicyclic) bond motifs is 3. The lowest BCUT2D eigenvalue weighted by molar-refractivity contribution is 0.305. The van der Waals surface area contributed by atoms with E-state index in [0.29, 0.717) is 24.5 Å². The summed E-state index contributed by atoms with van der Waals surface area (Å²) in [6.07, 6.45) is 0. The van der Waals surface area contributed by atoms with Crippen LogP contribution in [0.25, 0.3) is 16.6 Å². The van der Waals surface area contributed by atoms with Gasteiger partial charge in [0, 0.05) is 36.9 Å². The molecule has 0 saturated carbocycles. The van der Waals surface area contributed by atoms with Gasteiger partial charge in [0.1, 0.15) is 18.2 Å². The van der Waals surface area contributed by atoms with E-state index in [1.165, 1.54) is 12.1 Å². The average Bonchev–Trinajstić information content (AvgIpc) is 3.10. The molecule has 0 fully saturated rings. The lowest BCUT2D eigenvalue weighted by Gasteiger charge is -2.16. The third kappa shape index (κ3) is 3.62. The summed E-state index contributed by atoms with van der Waals surface area (Å²) in [4.78, 5) is 6.79. The van der Waals surface area contributed by atoms with Crippen molar-refractivity contribution in [3.05, 3.63) is 94.3 Å². The highest BCUT2D eigenvalue weighted by Gasteiger charge is 2.22. The highest BCUT2D eigenvalue weighted by Crippen LogP contribution is 2.39. The van der Waals surface area contributed by atoms with Crippen molar-refractivity contribution in [3.63, 3.8) is 0 Å². The first kappa shape index (κ1) is 20.8. The second-order valence-electron chi connectivity index (χ2n) is 8.41. The van der Waals surface area contributed by atoms with Crippen LogP contribution in [-0.2, 0) is 13.2 Å². The molecule has 1 aromatic heterocycles. The van der Waals surface area contributed by atoms with Crippen molar-refractivity contribution in [2.75, 3.05) is 19.0 Å². The van der Waals surface area contributed by atoms with Crippen LogP contribution in [0.15, 0.2) is 66.2 Å². The van der Waals surface area contributed by atoms with Crippen LogP contribution in [0.5, 0.6) is 5.75 Å². The summed E-state index contributed by atoms with van der Waals surface area (Å²) in [5, 5.41) is 9.66. The van der Waals surface area contributed by atoms with Gasteiger partial charge in [-0.2, -0.15) is 5.26 Å². The monoisotopic (exact) mass is 438 g/mol. The molecule has 0 spiro atoms. The van der Waals surface area contributed by atoms with E-state index in [2.05, 4.69) is 28.8 Å². The number of anilines is 1. The van der Waals surface area contributed by atoms with E-state index < -0.39 is 0 Å². The highest BCUT2D eigenvalue weighted by molar-refractivity contribution is 5.88. The fourth-order valence-electron chi connectivity index (χ4n) is 4.43. The van der Waals surface area contributed by atoms with Crippen LogP contribution in [0, 0.1) is 17.1 Å². The molecule has 3 aromatic carbocycles. The van der Waals surface area contributed by atoms with Crippen LogP contribution in [0.2, 0.25) is 0 Å². The SMILES string of the molecule is C/C(C#N)=C1/c2ccc(Cn3c(N(C)C)nc4ccccc43)cc2COc2cc(F)ccc21. The Morgan fingerprint density at radius 3 is 2.70 bits per heavy atom. The maximum Gasteiger partial charge on any atom is 0.206 e. The van der Waals surface area contributed by atoms with Gasteiger partial charge in [0.15, 0.2) is 0 Å². The molecule has 0 radical (unpaired) electrons. The Bertz CT molecular complexity index is 1460. The molecule has 0 unspecified atom stereocenters. The van der Waals surface area contributed by atoms with E-state index in [0.717, 1.165) is 44.8 Å². The zero-order valence-electron chi connectivity index (χ0n) is 18.8. The Hall–Kier alpha value is -4.11. The maximum absolute atomic E-state index is 13.9. The Kier molecular flexibility index (Phi) is 5.10. The van der Waals surface area contributed by atoms with Crippen molar-refractivity contribution in [2.45, 2.75) is 20.1 Å². The topological polar surface area (TPSA) is 54.1 Å². The number of rotatable bonds is 3. The lowest BCUT2D eigenvalue weighted by atomic mass is 9.90. The number of hydrogen-bond acceptors (Lipinski definition) is 4. The van der Waals surface area contributed by atoms with E-state index >= 15 is 0 Å². The minimum atomic E-state index is -0.363. The summed E-state index contributed by atoms with van der Waals surface area (Å²) in [5.41, 5.74) is 7.09. The summed E-state index contributed by atoms with van der Waals surface area (Å²) in [5.74, 6) is 0.969. The zero-order valence-corrected chi connectivity index (χ0v) is 18.8. The van der Waals surface area contributed by atoms with Gasteiger partial charge in [-0.3, -0.25) is 0 Å². The molecule has 6 heteroatoms. The summed E-state index contributed by atoms with van der Waals surface area (Å²) in [6.45, 7) is 2.72. The number of benzene rings is 3. The van der Waals surface area contributed by atoms with Gasteiger partial charge in [0.2, 0.25) is 5.95 Å². The molecule has 1 aliphatic rings. The van der Waals surface area contributed by atoms with Crippen molar-refractivity contribution < 1.29 is 9.13 Å². The first-order chi connectivity index (χ1) is 16.0. The van der Waals surface area contributed by atoms with Crippen LogP contribution >= 0.6 is 0 Å². The normalized spacial score (nSPS) is 14.0. The number of hydrogen-bond donors (Lipinski definition) is 0. The standard InChI is InChI=1S/C27H23FN4O/c1-17(14-29)26-21-10-8-18(12-19(21)16-33-25-13-20(28)9-11-22(25)26)15-32-24-7-5-4-6-23(24)30-27(32)31(2)3/h4-13H,15-16H2,1-3H3/b26-17+. The molecule has 0 bridgehead atoms. The molecule has 4 aromatic rings. The summed E-state index contributed by atoms with van der Waals surface area (Å²) in [7, 11) is 3.97. The minimum absolute atomic E-state index is 0.299. The number of halogens is 1. The molecule has 0 N–H and O–H groups in total. The predicted molar refractivity (Wildman–Crippen MR) is 128 cm³/mol. The molecular weight excluding hydrogens is 415 g/mol. The summed E-state index contributed by atoms with van der Waals surface area (Å²) < 4.78 is 22.1. The van der Waals surface area contributed by atoms with Crippen LogP contribution in [0.1, 0.15) is 29.2 Å². The molecule has 164 valence electrons. The van der Waals surface area contributed by atoms with Gasteiger partial charge >= 0.3 is 0 Å². The second-order valence-corrected chi connectivity index (χ2v) is 8.41. The van der Waals surface area contributed by atoms with Crippen LogP contribution in [-0.4, -0.2) is 23.6 Å². The van der Waals surface area contributed by atoms with Crippen LogP contribution < -0.4 is 9.64 Å². The van der Waals surface area contributed by atoms with Gasteiger partial charge in [-0.05, 0) is 53.9 Å². The van der Waals surface area contributed by atoms with Crippen LogP contribution in [0.4, 0.5) is 10.3 Å². The van der Waals surface area contributed by atoms with E-state index in [1.54, 1.807) is 13.0 Å². The van der Waals surface area contributed by atoms with Crippen LogP contribution in [0.3, 0.4) is 0 Å². The Morgan fingerprint density at radius 1 is 1.12 bits per heavy atom. The average molecular weight is 439 g/mol. The van der Waals surface area contributed by atoms with Gasteiger partial charge in [-0.15, -0.1) is 0 Å². The third-order valence-electron chi connectivity index (χ3n) is 5.95. The fourth-order valence-corrected chi connectivity index (χ4v) is 4.43. The second kappa shape index (κ2) is 8.10. The molecule has 0 saturated heterocycles. The maximum atomic E-state index is 13.9. The molecule has 0 amide bonds. The van der Waals surface area contributed by atoms with Gasteiger partial charge < -0.3 is 14.2 Å².